The van der Waals surface area contributed by atoms with Crippen LogP contribution in [-0.2, 0) is 6.42 Å². The Morgan fingerprint density at radius 2 is 1.95 bits per heavy atom. The highest BCUT2D eigenvalue weighted by Gasteiger charge is 2.08. The van der Waals surface area contributed by atoms with Gasteiger partial charge in [-0.25, -0.2) is 0 Å². The zero-order valence-corrected chi connectivity index (χ0v) is 12.4. The maximum absolute atomic E-state index is 12.1. The Balaban J connectivity index is 2.44. The molecule has 0 aliphatic carbocycles. The van der Waals surface area contributed by atoms with Gasteiger partial charge in [0.2, 0.25) is 0 Å². The summed E-state index contributed by atoms with van der Waals surface area (Å²) in [6.07, 6.45) is 3.29. The number of carbonyl (C=O) groups excluding carboxylic acids is 1. The van der Waals surface area contributed by atoms with Crippen LogP contribution >= 0.6 is 0 Å². The van der Waals surface area contributed by atoms with Gasteiger partial charge in [-0.15, -0.1) is 0 Å². The Morgan fingerprint density at radius 1 is 1.26 bits per heavy atom. The van der Waals surface area contributed by atoms with Crippen molar-refractivity contribution >= 4 is 5.78 Å². The number of ketones is 1. The minimum Gasteiger partial charge on any atom is -0.320 e. The van der Waals surface area contributed by atoms with Crippen molar-refractivity contribution in [2.75, 3.05) is 33.7 Å². The minimum absolute atomic E-state index is 0.204. The van der Waals surface area contributed by atoms with E-state index in [9.17, 15) is 4.79 Å². The summed E-state index contributed by atoms with van der Waals surface area (Å²) in [4.78, 5) is 14.2. The summed E-state index contributed by atoms with van der Waals surface area (Å²) < 4.78 is 0. The average Bonchev–Trinajstić information content (AvgIpc) is 2.40. The zero-order valence-electron chi connectivity index (χ0n) is 12.4. The molecule has 0 aliphatic heterocycles. The standard InChI is InChI=1S/C16H26N2O/c1-4-6-14-7-9-15(10-8-14)16(19)13-18(3)12-5-11-17-2/h7-10,17H,4-6,11-13H2,1-3H3. The zero-order chi connectivity index (χ0) is 14.1. The summed E-state index contributed by atoms with van der Waals surface area (Å²) in [7, 11) is 3.95. The second kappa shape index (κ2) is 8.83. The van der Waals surface area contributed by atoms with Crippen molar-refractivity contribution in [2.24, 2.45) is 0 Å². The third-order valence-corrected chi connectivity index (χ3v) is 3.19. The third-order valence-electron chi connectivity index (χ3n) is 3.19. The molecule has 1 aromatic carbocycles. The van der Waals surface area contributed by atoms with Crippen LogP contribution < -0.4 is 5.32 Å². The molecule has 0 radical (unpaired) electrons. The molecule has 3 heteroatoms. The fourth-order valence-electron chi connectivity index (χ4n) is 2.09. The van der Waals surface area contributed by atoms with Crippen LogP contribution in [0.3, 0.4) is 0 Å². The molecule has 0 atom stereocenters. The Bertz CT molecular complexity index is 373. The van der Waals surface area contributed by atoms with Crippen LogP contribution in [0.1, 0.15) is 35.7 Å². The number of rotatable bonds is 9. The van der Waals surface area contributed by atoms with Crippen molar-refractivity contribution in [1.82, 2.24) is 10.2 Å². The summed E-state index contributed by atoms with van der Waals surface area (Å²) in [6.45, 7) is 4.60. The first-order chi connectivity index (χ1) is 9.17. The molecule has 0 saturated heterocycles. The van der Waals surface area contributed by atoms with E-state index in [1.807, 2.05) is 26.2 Å². The third kappa shape index (κ3) is 5.99. The molecule has 0 heterocycles. The number of likely N-dealkylation sites (N-methyl/N-ethyl adjacent to an activating group) is 1. The van der Waals surface area contributed by atoms with E-state index in [1.165, 1.54) is 5.56 Å². The highest BCUT2D eigenvalue weighted by Crippen LogP contribution is 2.08. The number of benzene rings is 1. The molecule has 0 fully saturated rings. The molecule has 0 aromatic heterocycles. The molecule has 3 nitrogen and oxygen atoms in total. The molecule has 106 valence electrons. The van der Waals surface area contributed by atoms with Gasteiger partial charge in [0.1, 0.15) is 0 Å². The molecular formula is C16H26N2O. The minimum atomic E-state index is 0.204. The summed E-state index contributed by atoms with van der Waals surface area (Å²) in [5, 5.41) is 3.11. The topological polar surface area (TPSA) is 32.3 Å². The maximum atomic E-state index is 12.1. The first kappa shape index (κ1) is 15.9. The lowest BCUT2D eigenvalue weighted by molar-refractivity contribution is 0.0946. The van der Waals surface area contributed by atoms with Crippen LogP contribution in [0.25, 0.3) is 0 Å². The van der Waals surface area contributed by atoms with Crippen LogP contribution in [-0.4, -0.2) is 44.4 Å². The Hall–Kier alpha value is -1.19. The number of hydrogen-bond acceptors (Lipinski definition) is 3. The van der Waals surface area contributed by atoms with Crippen LogP contribution in [0.15, 0.2) is 24.3 Å². The first-order valence-electron chi connectivity index (χ1n) is 7.12. The quantitative estimate of drug-likeness (QED) is 0.548. The van der Waals surface area contributed by atoms with E-state index < -0.39 is 0 Å². The van der Waals surface area contributed by atoms with Gasteiger partial charge in [-0.1, -0.05) is 37.6 Å². The van der Waals surface area contributed by atoms with Crippen molar-refractivity contribution in [3.05, 3.63) is 35.4 Å². The van der Waals surface area contributed by atoms with E-state index in [0.29, 0.717) is 6.54 Å². The highest BCUT2D eigenvalue weighted by molar-refractivity contribution is 5.97. The number of Topliss-reactive ketones (excluding diaryl/α,β-unsaturated/α-hetero) is 1. The summed E-state index contributed by atoms with van der Waals surface area (Å²) in [6, 6.07) is 8.04. The number of carbonyl (C=O) groups is 1. The molecule has 0 spiro atoms. The SMILES string of the molecule is CCCc1ccc(C(=O)CN(C)CCCNC)cc1. The van der Waals surface area contributed by atoms with Crippen molar-refractivity contribution < 1.29 is 4.79 Å². The van der Waals surface area contributed by atoms with E-state index >= 15 is 0 Å². The van der Waals surface area contributed by atoms with Gasteiger partial charge < -0.3 is 5.32 Å². The van der Waals surface area contributed by atoms with Crippen LogP contribution in [0, 0.1) is 0 Å². The normalized spacial score (nSPS) is 10.9. The van der Waals surface area contributed by atoms with E-state index in [1.54, 1.807) is 0 Å². The van der Waals surface area contributed by atoms with E-state index in [2.05, 4.69) is 29.3 Å². The number of nitrogens with zero attached hydrogens (tertiary/aromatic N) is 1. The molecule has 1 aromatic rings. The fourth-order valence-corrected chi connectivity index (χ4v) is 2.09. The maximum Gasteiger partial charge on any atom is 0.176 e. The molecule has 19 heavy (non-hydrogen) atoms. The fraction of sp³-hybridized carbons (Fsp3) is 0.562. The van der Waals surface area contributed by atoms with Gasteiger partial charge in [0, 0.05) is 5.56 Å². The molecule has 0 bridgehead atoms. The van der Waals surface area contributed by atoms with Gasteiger partial charge in [-0.2, -0.15) is 0 Å². The summed E-state index contributed by atoms with van der Waals surface area (Å²) in [5.41, 5.74) is 2.13. The van der Waals surface area contributed by atoms with Crippen molar-refractivity contribution in [1.29, 1.82) is 0 Å². The summed E-state index contributed by atoms with van der Waals surface area (Å²) in [5.74, 6) is 0.204. The lowest BCUT2D eigenvalue weighted by Gasteiger charge is -2.15. The number of nitrogens with one attached hydrogen (secondary N) is 1. The molecule has 0 amide bonds. The smallest absolute Gasteiger partial charge is 0.176 e. The van der Waals surface area contributed by atoms with Crippen molar-refractivity contribution in [3.63, 3.8) is 0 Å². The second-order valence-electron chi connectivity index (χ2n) is 5.06. The largest absolute Gasteiger partial charge is 0.320 e. The number of hydrogen-bond donors (Lipinski definition) is 1. The monoisotopic (exact) mass is 262 g/mol. The predicted molar refractivity (Wildman–Crippen MR) is 80.8 cm³/mol. The highest BCUT2D eigenvalue weighted by atomic mass is 16.1. The van der Waals surface area contributed by atoms with E-state index in [-0.39, 0.29) is 5.78 Å². The van der Waals surface area contributed by atoms with Gasteiger partial charge in [-0.3, -0.25) is 9.69 Å². The Kier molecular flexibility index (Phi) is 7.38. The molecule has 1 rings (SSSR count). The van der Waals surface area contributed by atoms with Crippen molar-refractivity contribution in [3.8, 4) is 0 Å². The average molecular weight is 262 g/mol. The van der Waals surface area contributed by atoms with Gasteiger partial charge >= 0.3 is 0 Å². The second-order valence-corrected chi connectivity index (χ2v) is 5.06. The van der Waals surface area contributed by atoms with Crippen molar-refractivity contribution in [2.45, 2.75) is 26.2 Å². The molecule has 0 aliphatic rings. The molecular weight excluding hydrogens is 236 g/mol. The summed E-state index contributed by atoms with van der Waals surface area (Å²) >= 11 is 0. The van der Waals surface area contributed by atoms with Gasteiger partial charge in [0.25, 0.3) is 0 Å². The van der Waals surface area contributed by atoms with E-state index in [0.717, 1.165) is 37.9 Å². The predicted octanol–water partition coefficient (Wildman–Crippen LogP) is 2.36. The van der Waals surface area contributed by atoms with Crippen LogP contribution in [0.2, 0.25) is 0 Å². The molecule has 0 unspecified atom stereocenters. The van der Waals surface area contributed by atoms with Gasteiger partial charge in [0.15, 0.2) is 5.78 Å². The van der Waals surface area contributed by atoms with Gasteiger partial charge in [0.05, 0.1) is 6.54 Å². The van der Waals surface area contributed by atoms with E-state index in [4.69, 9.17) is 0 Å². The molecule has 0 saturated carbocycles. The lowest BCUT2D eigenvalue weighted by Crippen LogP contribution is -2.28. The Labute approximate surface area is 117 Å². The lowest BCUT2D eigenvalue weighted by atomic mass is 10.1. The first-order valence-corrected chi connectivity index (χ1v) is 7.12. The number of aryl methyl sites for hydroxylation is 1. The Morgan fingerprint density at radius 3 is 2.53 bits per heavy atom. The molecule has 1 N–H and O–H groups in total. The van der Waals surface area contributed by atoms with Crippen LogP contribution in [0.5, 0.6) is 0 Å². The van der Waals surface area contributed by atoms with Crippen LogP contribution in [0.4, 0.5) is 0 Å². The van der Waals surface area contributed by atoms with Gasteiger partial charge in [-0.05, 0) is 45.6 Å².